The van der Waals surface area contributed by atoms with Gasteiger partial charge in [-0.1, -0.05) is 25.7 Å². The first-order chi connectivity index (χ1) is 8.38. The van der Waals surface area contributed by atoms with E-state index in [9.17, 15) is 9.90 Å². The number of aliphatic hydroxyl groups is 1. The van der Waals surface area contributed by atoms with E-state index in [1.54, 1.807) is 0 Å². The highest BCUT2D eigenvalue weighted by atomic mass is 16.6. The molecule has 1 amide bonds. The van der Waals surface area contributed by atoms with Crippen LogP contribution in [0.3, 0.4) is 0 Å². The van der Waals surface area contributed by atoms with Gasteiger partial charge >= 0.3 is 6.09 Å². The van der Waals surface area contributed by atoms with Crippen molar-refractivity contribution in [1.29, 1.82) is 0 Å². The highest BCUT2D eigenvalue weighted by molar-refractivity contribution is 5.67. The van der Waals surface area contributed by atoms with Crippen LogP contribution in [0.1, 0.15) is 59.3 Å². The summed E-state index contributed by atoms with van der Waals surface area (Å²) in [6.45, 7) is 5.77. The van der Waals surface area contributed by atoms with Gasteiger partial charge in [0.05, 0.1) is 6.10 Å². The number of amides is 1. The lowest BCUT2D eigenvalue weighted by Gasteiger charge is -2.23. The molecule has 1 atom stereocenters. The van der Waals surface area contributed by atoms with E-state index in [2.05, 4.69) is 5.32 Å². The molecule has 4 nitrogen and oxygen atoms in total. The van der Waals surface area contributed by atoms with Crippen LogP contribution in [-0.4, -0.2) is 29.4 Å². The lowest BCUT2D eigenvalue weighted by atomic mass is 9.94. The molecule has 0 radical (unpaired) electrons. The maximum absolute atomic E-state index is 11.5. The smallest absolute Gasteiger partial charge is 0.407 e. The Hall–Kier alpha value is -0.770. The Labute approximate surface area is 110 Å². The molecule has 4 heteroatoms. The van der Waals surface area contributed by atoms with E-state index in [1.807, 2.05) is 20.8 Å². The van der Waals surface area contributed by atoms with Crippen LogP contribution in [0.25, 0.3) is 0 Å². The van der Waals surface area contributed by atoms with Gasteiger partial charge in [-0.05, 0) is 39.5 Å². The Morgan fingerprint density at radius 2 is 1.83 bits per heavy atom. The SMILES string of the molecule is CC(C)(C)OC(=O)NCC(O)C1CCCCCC1. The molecule has 0 heterocycles. The van der Waals surface area contributed by atoms with Crippen molar-refractivity contribution in [3.05, 3.63) is 0 Å². The molecule has 0 bridgehead atoms. The van der Waals surface area contributed by atoms with Crippen LogP contribution in [0, 0.1) is 5.92 Å². The zero-order valence-corrected chi connectivity index (χ0v) is 11.9. The van der Waals surface area contributed by atoms with Gasteiger partial charge in [-0.2, -0.15) is 0 Å². The van der Waals surface area contributed by atoms with Crippen molar-refractivity contribution in [2.24, 2.45) is 5.92 Å². The van der Waals surface area contributed by atoms with Crippen LogP contribution in [-0.2, 0) is 4.74 Å². The molecule has 1 rings (SSSR count). The van der Waals surface area contributed by atoms with E-state index in [0.29, 0.717) is 12.5 Å². The number of rotatable bonds is 3. The van der Waals surface area contributed by atoms with E-state index < -0.39 is 17.8 Å². The second kappa shape index (κ2) is 6.98. The second-order valence-electron chi connectivity index (χ2n) is 6.20. The van der Waals surface area contributed by atoms with Gasteiger partial charge in [-0.15, -0.1) is 0 Å². The molecule has 0 saturated heterocycles. The molecule has 1 unspecified atom stereocenters. The van der Waals surface area contributed by atoms with Crippen molar-refractivity contribution in [3.8, 4) is 0 Å². The molecular formula is C14H27NO3. The molecule has 1 saturated carbocycles. The molecule has 106 valence electrons. The molecule has 1 fully saturated rings. The summed E-state index contributed by atoms with van der Waals surface area (Å²) in [4.78, 5) is 11.5. The topological polar surface area (TPSA) is 58.6 Å². The van der Waals surface area contributed by atoms with Crippen LogP contribution in [0.5, 0.6) is 0 Å². The van der Waals surface area contributed by atoms with Crippen molar-refractivity contribution in [2.75, 3.05) is 6.54 Å². The van der Waals surface area contributed by atoms with Crippen molar-refractivity contribution >= 4 is 6.09 Å². The normalized spacial score (nSPS) is 20.0. The molecule has 0 aromatic heterocycles. The highest BCUT2D eigenvalue weighted by Crippen LogP contribution is 2.25. The number of carbonyl (C=O) groups is 1. The Balaban J connectivity index is 2.27. The fraction of sp³-hybridized carbons (Fsp3) is 0.929. The molecule has 2 N–H and O–H groups in total. The van der Waals surface area contributed by atoms with Gasteiger partial charge in [-0.25, -0.2) is 4.79 Å². The number of ether oxygens (including phenoxy) is 1. The quantitative estimate of drug-likeness (QED) is 0.764. The van der Waals surface area contributed by atoms with Crippen molar-refractivity contribution in [1.82, 2.24) is 5.32 Å². The minimum Gasteiger partial charge on any atom is -0.444 e. The van der Waals surface area contributed by atoms with Crippen molar-refractivity contribution < 1.29 is 14.6 Å². The summed E-state index contributed by atoms with van der Waals surface area (Å²) in [6, 6.07) is 0. The number of aliphatic hydroxyl groups excluding tert-OH is 1. The predicted octanol–water partition coefficient (Wildman–Crippen LogP) is 2.84. The first-order valence-corrected chi connectivity index (χ1v) is 7.03. The van der Waals surface area contributed by atoms with E-state index >= 15 is 0 Å². The fourth-order valence-electron chi connectivity index (χ4n) is 2.36. The lowest BCUT2D eigenvalue weighted by Crippen LogP contribution is -2.39. The molecule has 1 aliphatic rings. The second-order valence-corrected chi connectivity index (χ2v) is 6.20. The standard InChI is InChI=1S/C14H27NO3/c1-14(2,3)18-13(17)15-10-12(16)11-8-6-4-5-7-9-11/h11-12,16H,4-10H2,1-3H3,(H,15,17). The minimum atomic E-state index is -0.489. The summed E-state index contributed by atoms with van der Waals surface area (Å²) in [5, 5.41) is 12.7. The van der Waals surface area contributed by atoms with E-state index in [0.717, 1.165) is 12.8 Å². The molecule has 0 spiro atoms. The third-order valence-corrected chi connectivity index (χ3v) is 3.30. The number of nitrogens with one attached hydrogen (secondary N) is 1. The van der Waals surface area contributed by atoms with E-state index in [4.69, 9.17) is 4.74 Å². The van der Waals surface area contributed by atoms with E-state index in [-0.39, 0.29) is 0 Å². The largest absolute Gasteiger partial charge is 0.444 e. The fourth-order valence-corrected chi connectivity index (χ4v) is 2.36. The third-order valence-electron chi connectivity index (χ3n) is 3.30. The molecule has 1 aliphatic carbocycles. The van der Waals surface area contributed by atoms with Crippen LogP contribution >= 0.6 is 0 Å². The van der Waals surface area contributed by atoms with Gasteiger partial charge in [0.2, 0.25) is 0 Å². The zero-order chi connectivity index (χ0) is 13.6. The van der Waals surface area contributed by atoms with Gasteiger partial charge in [0, 0.05) is 6.54 Å². The lowest BCUT2D eigenvalue weighted by molar-refractivity contribution is 0.0443. The number of hydrogen-bond donors (Lipinski definition) is 2. The van der Waals surface area contributed by atoms with Gasteiger partial charge in [0.1, 0.15) is 5.60 Å². The average Bonchev–Trinajstić information content (AvgIpc) is 2.52. The monoisotopic (exact) mass is 257 g/mol. The number of hydrogen-bond acceptors (Lipinski definition) is 3. The van der Waals surface area contributed by atoms with Crippen molar-refractivity contribution in [2.45, 2.75) is 71.0 Å². The molecular weight excluding hydrogens is 230 g/mol. The Kier molecular flexibility index (Phi) is 5.93. The first-order valence-electron chi connectivity index (χ1n) is 7.03. The van der Waals surface area contributed by atoms with E-state index in [1.165, 1.54) is 25.7 Å². The maximum atomic E-state index is 11.5. The number of alkyl carbamates (subject to hydrolysis) is 1. The Morgan fingerprint density at radius 1 is 1.28 bits per heavy atom. The highest BCUT2D eigenvalue weighted by Gasteiger charge is 2.22. The molecule has 0 aromatic carbocycles. The minimum absolute atomic E-state index is 0.291. The van der Waals surface area contributed by atoms with Gasteiger partial charge < -0.3 is 15.2 Å². The summed E-state index contributed by atoms with van der Waals surface area (Å²) in [7, 11) is 0. The summed E-state index contributed by atoms with van der Waals surface area (Å²) in [6.07, 6.45) is 6.15. The number of carbonyl (C=O) groups excluding carboxylic acids is 1. The van der Waals surface area contributed by atoms with Gasteiger partial charge in [0.15, 0.2) is 0 Å². The molecule has 18 heavy (non-hydrogen) atoms. The average molecular weight is 257 g/mol. The van der Waals surface area contributed by atoms with Crippen LogP contribution < -0.4 is 5.32 Å². The maximum Gasteiger partial charge on any atom is 0.407 e. The summed E-state index contributed by atoms with van der Waals surface area (Å²) in [5.74, 6) is 0.322. The van der Waals surface area contributed by atoms with Crippen LogP contribution in [0.2, 0.25) is 0 Å². The molecule has 0 aromatic rings. The zero-order valence-electron chi connectivity index (χ0n) is 11.9. The van der Waals surface area contributed by atoms with Gasteiger partial charge in [0.25, 0.3) is 0 Å². The molecule has 0 aliphatic heterocycles. The van der Waals surface area contributed by atoms with Crippen LogP contribution in [0.4, 0.5) is 4.79 Å². The summed E-state index contributed by atoms with van der Waals surface area (Å²) in [5.41, 5.74) is -0.489. The Morgan fingerprint density at radius 3 is 2.33 bits per heavy atom. The third kappa shape index (κ3) is 6.24. The van der Waals surface area contributed by atoms with Crippen molar-refractivity contribution in [3.63, 3.8) is 0 Å². The summed E-state index contributed by atoms with van der Waals surface area (Å²) >= 11 is 0. The van der Waals surface area contributed by atoms with Gasteiger partial charge in [-0.3, -0.25) is 0 Å². The predicted molar refractivity (Wildman–Crippen MR) is 71.4 cm³/mol. The Bertz CT molecular complexity index is 252. The summed E-state index contributed by atoms with van der Waals surface area (Å²) < 4.78 is 5.14. The van der Waals surface area contributed by atoms with Crippen LogP contribution in [0.15, 0.2) is 0 Å². The first kappa shape index (κ1) is 15.3.